The molecular formula is C19H25N3OS. The number of amides is 1. The van der Waals surface area contributed by atoms with Gasteiger partial charge in [-0.15, -0.1) is 11.3 Å². The van der Waals surface area contributed by atoms with Crippen molar-refractivity contribution in [2.45, 2.75) is 32.1 Å². The molecule has 4 nitrogen and oxygen atoms in total. The lowest BCUT2D eigenvalue weighted by molar-refractivity contribution is -0.120. The van der Waals surface area contributed by atoms with Crippen LogP contribution in [-0.4, -0.2) is 42.0 Å². The van der Waals surface area contributed by atoms with E-state index in [1.165, 1.54) is 38.8 Å². The molecule has 1 N–H and O–H groups in total. The van der Waals surface area contributed by atoms with Gasteiger partial charge in [0.15, 0.2) is 0 Å². The van der Waals surface area contributed by atoms with E-state index in [0.29, 0.717) is 6.42 Å². The van der Waals surface area contributed by atoms with Crippen LogP contribution in [0.5, 0.6) is 0 Å². The van der Waals surface area contributed by atoms with Crippen molar-refractivity contribution >= 4 is 17.2 Å². The zero-order valence-electron chi connectivity index (χ0n) is 14.0. The Morgan fingerprint density at radius 1 is 1.12 bits per heavy atom. The standard InChI is InChI=1S/C19H25N3OS/c23-18(20-10-13-22-11-6-1-2-7-12-22)14-17-15-24-19(21-17)16-8-4-3-5-9-16/h3-5,8-9,15H,1-2,6-7,10-14H2,(H,20,23). The van der Waals surface area contributed by atoms with Gasteiger partial charge in [0.25, 0.3) is 0 Å². The van der Waals surface area contributed by atoms with Crippen LogP contribution in [0.4, 0.5) is 0 Å². The quantitative estimate of drug-likeness (QED) is 0.875. The van der Waals surface area contributed by atoms with Crippen LogP contribution in [-0.2, 0) is 11.2 Å². The molecule has 0 unspecified atom stereocenters. The predicted molar refractivity (Wildman–Crippen MR) is 99.2 cm³/mol. The van der Waals surface area contributed by atoms with E-state index in [1.54, 1.807) is 11.3 Å². The third-order valence-corrected chi connectivity index (χ3v) is 5.30. The molecule has 5 heteroatoms. The van der Waals surface area contributed by atoms with Gasteiger partial charge in [-0.05, 0) is 25.9 Å². The van der Waals surface area contributed by atoms with Gasteiger partial charge in [0, 0.05) is 24.0 Å². The van der Waals surface area contributed by atoms with Crippen LogP contribution in [0.3, 0.4) is 0 Å². The smallest absolute Gasteiger partial charge is 0.226 e. The van der Waals surface area contributed by atoms with E-state index in [9.17, 15) is 4.79 Å². The Balaban J connectivity index is 1.43. The number of carbonyl (C=O) groups is 1. The molecular weight excluding hydrogens is 318 g/mol. The molecule has 1 aliphatic heterocycles. The van der Waals surface area contributed by atoms with Gasteiger partial charge in [-0.3, -0.25) is 4.79 Å². The highest BCUT2D eigenvalue weighted by molar-refractivity contribution is 7.13. The minimum Gasteiger partial charge on any atom is -0.354 e. The Morgan fingerprint density at radius 3 is 2.62 bits per heavy atom. The Hall–Kier alpha value is -1.72. The van der Waals surface area contributed by atoms with E-state index >= 15 is 0 Å². The SMILES string of the molecule is O=C(Cc1csc(-c2ccccc2)n1)NCCN1CCCCCC1. The molecule has 1 aromatic heterocycles. The molecule has 128 valence electrons. The number of hydrogen-bond acceptors (Lipinski definition) is 4. The fourth-order valence-corrected chi connectivity index (χ4v) is 3.87. The van der Waals surface area contributed by atoms with Gasteiger partial charge in [0.2, 0.25) is 5.91 Å². The minimum absolute atomic E-state index is 0.0646. The highest BCUT2D eigenvalue weighted by Gasteiger charge is 2.11. The van der Waals surface area contributed by atoms with Crippen LogP contribution in [0.1, 0.15) is 31.4 Å². The van der Waals surface area contributed by atoms with E-state index in [4.69, 9.17) is 0 Å². The molecule has 1 aliphatic rings. The zero-order chi connectivity index (χ0) is 16.6. The van der Waals surface area contributed by atoms with Crippen LogP contribution >= 0.6 is 11.3 Å². The lowest BCUT2D eigenvalue weighted by atomic mass is 10.2. The average molecular weight is 343 g/mol. The molecule has 1 amide bonds. The highest BCUT2D eigenvalue weighted by Crippen LogP contribution is 2.23. The fraction of sp³-hybridized carbons (Fsp3) is 0.474. The van der Waals surface area contributed by atoms with Gasteiger partial charge >= 0.3 is 0 Å². The number of nitrogens with zero attached hydrogens (tertiary/aromatic N) is 2. The third kappa shape index (κ3) is 5.14. The molecule has 2 heterocycles. The first kappa shape index (κ1) is 17.1. The summed E-state index contributed by atoms with van der Waals surface area (Å²) < 4.78 is 0. The second-order valence-corrected chi connectivity index (χ2v) is 7.15. The second-order valence-electron chi connectivity index (χ2n) is 6.29. The molecule has 1 fully saturated rings. The van der Waals surface area contributed by atoms with Crippen molar-refractivity contribution in [1.82, 2.24) is 15.2 Å². The Bertz CT molecular complexity index is 633. The Kier molecular flexibility index (Phi) is 6.38. The summed E-state index contributed by atoms with van der Waals surface area (Å²) in [6.07, 6.45) is 5.63. The summed E-state index contributed by atoms with van der Waals surface area (Å²) in [6, 6.07) is 10.1. The Morgan fingerprint density at radius 2 is 1.88 bits per heavy atom. The van der Waals surface area contributed by atoms with Gasteiger partial charge in [-0.1, -0.05) is 43.2 Å². The molecule has 0 aliphatic carbocycles. The van der Waals surface area contributed by atoms with Gasteiger partial charge in [0.05, 0.1) is 12.1 Å². The normalized spacial score (nSPS) is 15.8. The number of thiazole rings is 1. The molecule has 1 aromatic carbocycles. The molecule has 2 aromatic rings. The van der Waals surface area contributed by atoms with Crippen molar-refractivity contribution < 1.29 is 4.79 Å². The first-order valence-electron chi connectivity index (χ1n) is 8.80. The van der Waals surface area contributed by atoms with Gasteiger partial charge < -0.3 is 10.2 Å². The molecule has 0 bridgehead atoms. The van der Waals surface area contributed by atoms with Crippen molar-refractivity contribution in [2.24, 2.45) is 0 Å². The van der Waals surface area contributed by atoms with Crippen molar-refractivity contribution in [3.63, 3.8) is 0 Å². The number of benzene rings is 1. The molecule has 0 atom stereocenters. The number of hydrogen-bond donors (Lipinski definition) is 1. The lowest BCUT2D eigenvalue weighted by Crippen LogP contribution is -2.36. The minimum atomic E-state index is 0.0646. The summed E-state index contributed by atoms with van der Waals surface area (Å²) >= 11 is 1.59. The summed E-state index contributed by atoms with van der Waals surface area (Å²) in [5.74, 6) is 0.0646. The van der Waals surface area contributed by atoms with Crippen LogP contribution in [0.2, 0.25) is 0 Å². The number of rotatable bonds is 6. The monoisotopic (exact) mass is 343 g/mol. The number of carbonyl (C=O) groups excluding carboxylic acids is 1. The highest BCUT2D eigenvalue weighted by atomic mass is 32.1. The van der Waals surface area contributed by atoms with E-state index in [1.807, 2.05) is 35.7 Å². The van der Waals surface area contributed by atoms with E-state index in [2.05, 4.69) is 15.2 Å². The molecule has 3 rings (SSSR count). The van der Waals surface area contributed by atoms with Gasteiger partial charge in [-0.2, -0.15) is 0 Å². The molecule has 0 radical (unpaired) electrons. The summed E-state index contributed by atoms with van der Waals surface area (Å²) in [4.78, 5) is 19.1. The topological polar surface area (TPSA) is 45.2 Å². The lowest BCUT2D eigenvalue weighted by Gasteiger charge is -2.19. The van der Waals surface area contributed by atoms with Crippen molar-refractivity contribution in [3.8, 4) is 10.6 Å². The first-order chi connectivity index (χ1) is 11.8. The van der Waals surface area contributed by atoms with Gasteiger partial charge in [-0.25, -0.2) is 4.98 Å². The Labute approximate surface area is 147 Å². The third-order valence-electron chi connectivity index (χ3n) is 4.36. The molecule has 0 saturated carbocycles. The summed E-state index contributed by atoms with van der Waals surface area (Å²) in [6.45, 7) is 4.03. The maximum Gasteiger partial charge on any atom is 0.226 e. The van der Waals surface area contributed by atoms with Crippen LogP contribution in [0, 0.1) is 0 Å². The summed E-state index contributed by atoms with van der Waals surface area (Å²) in [7, 11) is 0. The molecule has 24 heavy (non-hydrogen) atoms. The van der Waals surface area contributed by atoms with Crippen LogP contribution in [0.15, 0.2) is 35.7 Å². The van der Waals surface area contributed by atoms with Crippen molar-refractivity contribution in [3.05, 3.63) is 41.4 Å². The summed E-state index contributed by atoms with van der Waals surface area (Å²) in [5, 5.41) is 5.99. The maximum atomic E-state index is 12.1. The van der Waals surface area contributed by atoms with E-state index < -0.39 is 0 Å². The molecule has 0 spiro atoms. The first-order valence-corrected chi connectivity index (χ1v) is 9.68. The number of aromatic nitrogens is 1. The summed E-state index contributed by atoms with van der Waals surface area (Å²) in [5.41, 5.74) is 1.96. The average Bonchev–Trinajstić information content (AvgIpc) is 2.90. The zero-order valence-corrected chi connectivity index (χ0v) is 14.9. The number of nitrogens with one attached hydrogen (secondary N) is 1. The predicted octanol–water partition coefficient (Wildman–Crippen LogP) is 3.34. The van der Waals surface area contributed by atoms with Crippen molar-refractivity contribution in [2.75, 3.05) is 26.2 Å². The van der Waals surface area contributed by atoms with E-state index in [-0.39, 0.29) is 5.91 Å². The van der Waals surface area contributed by atoms with E-state index in [0.717, 1.165) is 29.4 Å². The number of likely N-dealkylation sites (tertiary alicyclic amines) is 1. The van der Waals surface area contributed by atoms with Crippen LogP contribution < -0.4 is 5.32 Å². The van der Waals surface area contributed by atoms with Crippen LogP contribution in [0.25, 0.3) is 10.6 Å². The maximum absolute atomic E-state index is 12.1. The second kappa shape index (κ2) is 8.94. The fourth-order valence-electron chi connectivity index (χ4n) is 3.04. The molecule has 1 saturated heterocycles. The van der Waals surface area contributed by atoms with Gasteiger partial charge in [0.1, 0.15) is 5.01 Å². The van der Waals surface area contributed by atoms with Crippen molar-refractivity contribution in [1.29, 1.82) is 0 Å². The largest absolute Gasteiger partial charge is 0.354 e.